The number of aromatic nitrogens is 2. The fourth-order valence-corrected chi connectivity index (χ4v) is 3.22. The highest BCUT2D eigenvalue weighted by Gasteiger charge is 2.19. The van der Waals surface area contributed by atoms with E-state index in [1.807, 2.05) is 4.83 Å². The number of carbonyl (C=O) groups excluding carboxylic acids is 1. The number of amides is 1. The number of sulfonamides is 1. The third-order valence-corrected chi connectivity index (χ3v) is 4.97. The number of nitrogens with zero attached hydrogens (tertiary/aromatic N) is 3. The number of hydrogen-bond donors (Lipinski definition) is 2. The molecule has 0 aliphatic rings. The van der Waals surface area contributed by atoms with Gasteiger partial charge in [-0.05, 0) is 6.07 Å². The van der Waals surface area contributed by atoms with Crippen molar-refractivity contribution in [2.45, 2.75) is 11.3 Å². The quantitative estimate of drug-likeness (QED) is 0.476. The maximum absolute atomic E-state index is 11.9. The fourth-order valence-electron chi connectivity index (χ4n) is 1.30. The molecule has 0 fully saturated rings. The van der Waals surface area contributed by atoms with Crippen molar-refractivity contribution in [1.82, 2.24) is 15.0 Å². The molecule has 0 aliphatic carbocycles. The van der Waals surface area contributed by atoms with E-state index in [-0.39, 0.29) is 15.4 Å². The average Bonchev–Trinajstić information content (AvgIpc) is 2.89. The van der Waals surface area contributed by atoms with E-state index in [9.17, 15) is 13.2 Å². The summed E-state index contributed by atoms with van der Waals surface area (Å²) in [6, 6.07) is 6.82. The van der Waals surface area contributed by atoms with E-state index in [2.05, 4.69) is 20.6 Å². The molecule has 1 amide bonds. The number of hydrogen-bond acceptors (Lipinski definition) is 7. The van der Waals surface area contributed by atoms with Crippen LogP contribution in [0.3, 0.4) is 0 Å². The Balaban J connectivity index is 2.10. The zero-order valence-corrected chi connectivity index (χ0v) is 13.5. The number of benzene rings is 1. The largest absolute Gasteiger partial charge is 0.305 e. The lowest BCUT2D eigenvalue weighted by atomic mass is 10.2. The van der Waals surface area contributed by atoms with Crippen molar-refractivity contribution in [3.63, 3.8) is 0 Å². The second kappa shape index (κ2) is 6.81. The van der Waals surface area contributed by atoms with E-state index in [0.29, 0.717) is 21.9 Å². The maximum atomic E-state index is 11.9. The molecular weight excluding hydrogens is 350 g/mol. The molecule has 1 aromatic carbocycles. The first-order valence-electron chi connectivity index (χ1n) is 5.79. The van der Waals surface area contributed by atoms with Gasteiger partial charge in [0.25, 0.3) is 4.34 Å². The van der Waals surface area contributed by atoms with Crippen LogP contribution < -0.4 is 10.1 Å². The summed E-state index contributed by atoms with van der Waals surface area (Å²) >= 11 is 6.63. The average molecular weight is 360 g/mol. The van der Waals surface area contributed by atoms with Gasteiger partial charge in [-0.1, -0.05) is 41.1 Å². The van der Waals surface area contributed by atoms with E-state index in [1.54, 1.807) is 24.3 Å². The van der Waals surface area contributed by atoms with Gasteiger partial charge in [-0.3, -0.25) is 4.79 Å². The Morgan fingerprint density at radius 1 is 1.36 bits per heavy atom. The third-order valence-electron chi connectivity index (χ3n) is 2.20. The Morgan fingerprint density at radius 3 is 2.77 bits per heavy atom. The van der Waals surface area contributed by atoms with Crippen LogP contribution in [0.25, 0.3) is 0 Å². The first-order valence-corrected chi connectivity index (χ1v) is 8.47. The highest BCUT2D eigenvalue weighted by Crippen LogP contribution is 2.19. The summed E-state index contributed by atoms with van der Waals surface area (Å²) in [5.74, 6) is -0.371. The number of carbonyl (C=O) groups is 1. The second-order valence-electron chi connectivity index (χ2n) is 3.93. The summed E-state index contributed by atoms with van der Waals surface area (Å²) in [5, 5.41) is 13.5. The van der Waals surface area contributed by atoms with Gasteiger partial charge >= 0.3 is 10.0 Å². The van der Waals surface area contributed by atoms with E-state index in [0.717, 1.165) is 0 Å². The van der Waals surface area contributed by atoms with Gasteiger partial charge < -0.3 is 5.32 Å². The van der Waals surface area contributed by atoms with Crippen molar-refractivity contribution in [3.8, 4) is 0 Å². The zero-order valence-electron chi connectivity index (χ0n) is 11.1. The fraction of sp³-hybridized carbons (Fsp3) is 0.0909. The van der Waals surface area contributed by atoms with Crippen LogP contribution in [0.1, 0.15) is 12.5 Å². The van der Waals surface area contributed by atoms with E-state index < -0.39 is 10.0 Å². The molecule has 116 valence electrons. The Morgan fingerprint density at radius 2 is 2.09 bits per heavy atom. The van der Waals surface area contributed by atoms with Gasteiger partial charge in [0, 0.05) is 17.5 Å². The minimum atomic E-state index is -3.96. The van der Waals surface area contributed by atoms with Gasteiger partial charge in [0.1, 0.15) is 0 Å². The smallest absolute Gasteiger partial charge is 0.301 e. The molecule has 2 N–H and O–H groups in total. The van der Waals surface area contributed by atoms with Crippen molar-refractivity contribution in [2.75, 3.05) is 5.32 Å². The topological polar surface area (TPSA) is 113 Å². The van der Waals surface area contributed by atoms with E-state index in [1.165, 1.54) is 13.1 Å². The molecule has 0 saturated heterocycles. The van der Waals surface area contributed by atoms with Crippen LogP contribution in [0.4, 0.5) is 5.13 Å². The molecule has 0 bridgehead atoms. The number of nitrogens with one attached hydrogen (secondary N) is 2. The van der Waals surface area contributed by atoms with Crippen molar-refractivity contribution < 1.29 is 13.2 Å². The molecule has 0 saturated carbocycles. The lowest BCUT2D eigenvalue weighted by Gasteiger charge is -1.99. The number of rotatable bonds is 5. The molecule has 11 heteroatoms. The lowest BCUT2D eigenvalue weighted by Crippen LogP contribution is -2.18. The first kappa shape index (κ1) is 16.3. The van der Waals surface area contributed by atoms with Gasteiger partial charge in [0.2, 0.25) is 11.0 Å². The zero-order chi connectivity index (χ0) is 16.2. The SMILES string of the molecule is CC(=O)Nc1nnc(S(=O)(=O)N/N=C/c2ccccc2Cl)s1. The summed E-state index contributed by atoms with van der Waals surface area (Å²) in [4.78, 5) is 12.9. The standard InChI is InChI=1S/C11H10ClN5O3S2/c1-7(18)14-10-15-16-11(21-10)22(19,20)17-13-6-8-4-2-3-5-9(8)12/h2-6,17H,1H3,(H,14,15,18)/b13-6+. The highest BCUT2D eigenvalue weighted by molar-refractivity contribution is 7.91. The lowest BCUT2D eigenvalue weighted by molar-refractivity contribution is -0.114. The summed E-state index contributed by atoms with van der Waals surface area (Å²) in [7, 11) is -3.96. The minimum Gasteiger partial charge on any atom is -0.301 e. The normalized spacial score (nSPS) is 11.5. The van der Waals surface area contributed by atoms with Crippen molar-refractivity contribution >= 4 is 50.2 Å². The van der Waals surface area contributed by atoms with Crippen LogP contribution in [0.15, 0.2) is 33.7 Å². The number of anilines is 1. The maximum Gasteiger partial charge on any atom is 0.305 e. The van der Waals surface area contributed by atoms with Crippen molar-refractivity contribution in [2.24, 2.45) is 5.10 Å². The molecule has 8 nitrogen and oxygen atoms in total. The molecule has 2 rings (SSSR count). The molecule has 0 atom stereocenters. The van der Waals surface area contributed by atoms with Crippen LogP contribution in [-0.2, 0) is 14.8 Å². The van der Waals surface area contributed by atoms with Gasteiger partial charge in [0.15, 0.2) is 0 Å². The van der Waals surface area contributed by atoms with Crippen LogP contribution >= 0.6 is 22.9 Å². The van der Waals surface area contributed by atoms with Crippen LogP contribution in [0.2, 0.25) is 5.02 Å². The van der Waals surface area contributed by atoms with Crippen molar-refractivity contribution in [3.05, 3.63) is 34.9 Å². The van der Waals surface area contributed by atoms with Gasteiger partial charge in [-0.15, -0.1) is 10.2 Å². The first-order chi connectivity index (χ1) is 10.4. The predicted octanol–water partition coefficient (Wildman–Crippen LogP) is 1.46. The van der Waals surface area contributed by atoms with E-state index in [4.69, 9.17) is 11.6 Å². The Hall–Kier alpha value is -2.04. The molecule has 0 unspecified atom stereocenters. The summed E-state index contributed by atoms with van der Waals surface area (Å²) in [6.45, 7) is 1.28. The summed E-state index contributed by atoms with van der Waals surface area (Å²) in [5.41, 5.74) is 0.558. The molecule has 22 heavy (non-hydrogen) atoms. The van der Waals surface area contributed by atoms with Gasteiger partial charge in [0.05, 0.1) is 6.21 Å². The monoisotopic (exact) mass is 359 g/mol. The van der Waals surface area contributed by atoms with Crippen LogP contribution in [0.5, 0.6) is 0 Å². The van der Waals surface area contributed by atoms with Gasteiger partial charge in [-0.2, -0.15) is 18.4 Å². The number of hydrazone groups is 1. The van der Waals surface area contributed by atoms with Crippen LogP contribution in [0, 0.1) is 0 Å². The second-order valence-corrected chi connectivity index (χ2v) is 7.15. The molecule has 2 aromatic rings. The predicted molar refractivity (Wildman–Crippen MR) is 83.6 cm³/mol. The Labute approximate surface area is 135 Å². The van der Waals surface area contributed by atoms with E-state index >= 15 is 0 Å². The third kappa shape index (κ3) is 4.23. The molecule has 0 radical (unpaired) electrons. The summed E-state index contributed by atoms with van der Waals surface area (Å²) in [6.07, 6.45) is 1.27. The Kier molecular flexibility index (Phi) is 5.06. The molecule has 0 spiro atoms. The highest BCUT2D eigenvalue weighted by atomic mass is 35.5. The van der Waals surface area contributed by atoms with Crippen molar-refractivity contribution in [1.29, 1.82) is 0 Å². The van der Waals surface area contributed by atoms with Crippen LogP contribution in [-0.4, -0.2) is 30.7 Å². The molecule has 1 aromatic heterocycles. The number of halogens is 1. The van der Waals surface area contributed by atoms with Gasteiger partial charge in [-0.25, -0.2) is 0 Å². The Bertz CT molecular complexity index is 819. The summed E-state index contributed by atoms with van der Waals surface area (Å²) < 4.78 is 23.6. The molecular formula is C11H10ClN5O3S2. The molecule has 0 aliphatic heterocycles. The molecule has 1 heterocycles. The minimum absolute atomic E-state index is 0.0861.